The van der Waals surface area contributed by atoms with Gasteiger partial charge < -0.3 is 13.7 Å². The molecule has 0 aliphatic rings. The van der Waals surface area contributed by atoms with Crippen molar-refractivity contribution in [1.29, 1.82) is 0 Å². The number of rotatable bonds is 7. The number of oxazole rings is 1. The quantitative estimate of drug-likeness (QED) is 0.168. The Kier molecular flexibility index (Phi) is 7.43. The van der Waals surface area contributed by atoms with Gasteiger partial charge in [0.25, 0.3) is 0 Å². The normalized spacial score (nSPS) is 11.4. The Labute approximate surface area is 306 Å². The smallest absolute Gasteiger partial charge is 0.227 e. The summed E-state index contributed by atoms with van der Waals surface area (Å²) in [5, 5.41) is 2.01. The van der Waals surface area contributed by atoms with E-state index in [1.165, 1.54) is 11.1 Å². The fourth-order valence-corrected chi connectivity index (χ4v) is 7.34. The molecule has 0 fully saturated rings. The molecule has 10 aromatic rings. The fraction of sp³-hybridized carbons (Fsp3) is 0. The van der Waals surface area contributed by atoms with Crippen LogP contribution in [0.2, 0.25) is 0 Å². The first-order valence-corrected chi connectivity index (χ1v) is 17.8. The maximum atomic E-state index is 6.80. The van der Waals surface area contributed by atoms with Crippen LogP contribution in [0.4, 0.5) is 17.1 Å². The van der Waals surface area contributed by atoms with E-state index in [4.69, 9.17) is 13.8 Å². The predicted molar refractivity (Wildman–Crippen MR) is 218 cm³/mol. The van der Waals surface area contributed by atoms with Crippen molar-refractivity contribution in [1.82, 2.24) is 4.98 Å². The van der Waals surface area contributed by atoms with E-state index >= 15 is 0 Å². The lowest BCUT2D eigenvalue weighted by Gasteiger charge is -2.28. The Morgan fingerprint density at radius 2 is 0.925 bits per heavy atom. The first kappa shape index (κ1) is 30.6. The number of anilines is 3. The number of fused-ring (bicyclic) bond motifs is 4. The zero-order valence-electron chi connectivity index (χ0n) is 28.7. The Bertz CT molecular complexity index is 2860. The van der Waals surface area contributed by atoms with Crippen molar-refractivity contribution < 1.29 is 8.83 Å². The van der Waals surface area contributed by atoms with Crippen LogP contribution >= 0.6 is 0 Å². The number of hydrogen-bond donors (Lipinski definition) is 0. The molecule has 0 atom stereocenters. The minimum Gasteiger partial charge on any atom is -0.454 e. The predicted octanol–water partition coefficient (Wildman–Crippen LogP) is 13.9. The summed E-state index contributed by atoms with van der Waals surface area (Å²) in [5.74, 6) is 0.558. The Morgan fingerprint density at radius 3 is 1.60 bits per heavy atom. The van der Waals surface area contributed by atoms with Gasteiger partial charge in [0, 0.05) is 27.6 Å². The van der Waals surface area contributed by atoms with E-state index in [0.29, 0.717) is 11.5 Å². The second kappa shape index (κ2) is 12.9. The monoisotopic (exact) mass is 680 g/mol. The molecule has 2 heterocycles. The van der Waals surface area contributed by atoms with Crippen molar-refractivity contribution in [3.63, 3.8) is 0 Å². The minimum absolute atomic E-state index is 0.558. The molecule has 0 saturated heterocycles. The third-order valence-corrected chi connectivity index (χ3v) is 9.92. The number of furan rings is 1. The maximum Gasteiger partial charge on any atom is 0.227 e. The van der Waals surface area contributed by atoms with Gasteiger partial charge in [-0.05, 0) is 70.3 Å². The molecular weight excluding hydrogens is 649 g/mol. The standard InChI is InChI=1S/C49H32N2O2/c1-4-14-33(15-5-1)35-24-26-37(27-25-35)40-20-10-12-22-44(40)51(39-30-28-36(29-31-39)34-16-6-2-7-17-34)46-47-42(41-21-11-13-23-45(41)52-47)32-43-48(46)53-49(50-43)38-18-8-3-9-19-38/h1-32H. The van der Waals surface area contributed by atoms with E-state index in [2.05, 4.69) is 138 Å². The molecule has 10 rings (SSSR count). The highest BCUT2D eigenvalue weighted by molar-refractivity contribution is 6.18. The lowest BCUT2D eigenvalue weighted by Crippen LogP contribution is -2.12. The number of benzene rings is 8. The molecule has 0 aliphatic carbocycles. The van der Waals surface area contributed by atoms with Crippen LogP contribution in [0, 0.1) is 0 Å². The molecule has 4 heteroatoms. The van der Waals surface area contributed by atoms with Crippen LogP contribution in [0.5, 0.6) is 0 Å². The van der Waals surface area contributed by atoms with E-state index in [9.17, 15) is 0 Å². The summed E-state index contributed by atoms with van der Waals surface area (Å²) in [6.07, 6.45) is 0. The minimum atomic E-state index is 0.558. The van der Waals surface area contributed by atoms with Crippen LogP contribution in [-0.4, -0.2) is 4.98 Å². The highest BCUT2D eigenvalue weighted by atomic mass is 16.4. The van der Waals surface area contributed by atoms with Crippen molar-refractivity contribution in [2.24, 2.45) is 0 Å². The van der Waals surface area contributed by atoms with Crippen LogP contribution < -0.4 is 4.90 Å². The van der Waals surface area contributed by atoms with Crippen LogP contribution in [0.15, 0.2) is 203 Å². The number of nitrogens with zero attached hydrogens (tertiary/aromatic N) is 2. The summed E-state index contributed by atoms with van der Waals surface area (Å²) in [5.41, 5.74) is 13.4. The fourth-order valence-electron chi connectivity index (χ4n) is 7.34. The van der Waals surface area contributed by atoms with Gasteiger partial charge in [0.15, 0.2) is 11.2 Å². The van der Waals surface area contributed by atoms with Crippen LogP contribution in [-0.2, 0) is 0 Å². The molecule has 250 valence electrons. The van der Waals surface area contributed by atoms with Gasteiger partial charge in [0.05, 0.1) is 5.69 Å². The largest absolute Gasteiger partial charge is 0.454 e. The number of aromatic nitrogens is 1. The molecule has 2 aromatic heterocycles. The second-order valence-electron chi connectivity index (χ2n) is 13.1. The number of para-hydroxylation sites is 2. The van der Waals surface area contributed by atoms with Crippen molar-refractivity contribution in [2.75, 3.05) is 4.90 Å². The molecule has 0 amide bonds. The molecule has 0 bridgehead atoms. The van der Waals surface area contributed by atoms with Gasteiger partial charge in [-0.3, -0.25) is 0 Å². The van der Waals surface area contributed by atoms with Crippen LogP contribution in [0.1, 0.15) is 0 Å². The number of hydrogen-bond acceptors (Lipinski definition) is 4. The molecule has 0 N–H and O–H groups in total. The third-order valence-electron chi connectivity index (χ3n) is 9.92. The summed E-state index contributed by atoms with van der Waals surface area (Å²) < 4.78 is 13.6. The summed E-state index contributed by atoms with van der Waals surface area (Å²) in [6, 6.07) is 67.4. The first-order chi connectivity index (χ1) is 26.3. The zero-order valence-corrected chi connectivity index (χ0v) is 28.7. The summed E-state index contributed by atoms with van der Waals surface area (Å²) in [6.45, 7) is 0. The lowest BCUT2D eigenvalue weighted by molar-refractivity contribution is 0.618. The maximum absolute atomic E-state index is 6.80. The summed E-state index contributed by atoms with van der Waals surface area (Å²) in [4.78, 5) is 7.37. The molecule has 4 nitrogen and oxygen atoms in total. The lowest BCUT2D eigenvalue weighted by atomic mass is 9.98. The molecule has 0 radical (unpaired) electrons. The summed E-state index contributed by atoms with van der Waals surface area (Å²) >= 11 is 0. The Morgan fingerprint density at radius 1 is 0.396 bits per heavy atom. The van der Waals surface area contributed by atoms with E-state index in [-0.39, 0.29) is 0 Å². The van der Waals surface area contributed by atoms with Gasteiger partial charge >= 0.3 is 0 Å². The molecule has 53 heavy (non-hydrogen) atoms. The molecule has 0 aliphatic heterocycles. The van der Waals surface area contributed by atoms with Crippen molar-refractivity contribution >= 4 is 50.1 Å². The van der Waals surface area contributed by atoms with Gasteiger partial charge in [-0.2, -0.15) is 0 Å². The molecule has 0 unspecified atom stereocenters. The molecule has 0 saturated carbocycles. The van der Waals surface area contributed by atoms with E-state index in [0.717, 1.165) is 72.3 Å². The van der Waals surface area contributed by atoms with Crippen molar-refractivity contribution in [3.8, 4) is 44.8 Å². The van der Waals surface area contributed by atoms with Crippen LogP contribution in [0.25, 0.3) is 77.9 Å². The summed E-state index contributed by atoms with van der Waals surface area (Å²) in [7, 11) is 0. The topological polar surface area (TPSA) is 42.4 Å². The Balaban J connectivity index is 1.24. The highest BCUT2D eigenvalue weighted by Crippen LogP contribution is 2.49. The van der Waals surface area contributed by atoms with Gasteiger partial charge in [0.1, 0.15) is 16.8 Å². The second-order valence-corrected chi connectivity index (χ2v) is 13.1. The third kappa shape index (κ3) is 5.45. The van der Waals surface area contributed by atoms with E-state index in [1.54, 1.807) is 0 Å². The van der Waals surface area contributed by atoms with E-state index < -0.39 is 0 Å². The van der Waals surface area contributed by atoms with Crippen molar-refractivity contribution in [2.45, 2.75) is 0 Å². The molecule has 8 aromatic carbocycles. The Hall–Kier alpha value is -7.17. The first-order valence-electron chi connectivity index (χ1n) is 17.8. The SMILES string of the molecule is c1ccc(-c2ccc(-c3ccccc3N(c3ccc(-c4ccccc4)cc3)c3c4oc(-c5ccccc5)nc4cc4c3oc3ccccc34)cc2)cc1. The highest BCUT2D eigenvalue weighted by Gasteiger charge is 2.28. The van der Waals surface area contributed by atoms with Crippen LogP contribution in [0.3, 0.4) is 0 Å². The van der Waals surface area contributed by atoms with Gasteiger partial charge in [-0.1, -0.05) is 152 Å². The zero-order chi connectivity index (χ0) is 35.1. The average Bonchev–Trinajstić information content (AvgIpc) is 3.84. The van der Waals surface area contributed by atoms with Gasteiger partial charge in [0.2, 0.25) is 5.89 Å². The van der Waals surface area contributed by atoms with Crippen molar-refractivity contribution in [3.05, 3.63) is 194 Å². The van der Waals surface area contributed by atoms with E-state index in [1.807, 2.05) is 60.7 Å². The molecule has 0 spiro atoms. The van der Waals surface area contributed by atoms with Gasteiger partial charge in [-0.25, -0.2) is 4.98 Å². The average molecular weight is 681 g/mol. The van der Waals surface area contributed by atoms with Gasteiger partial charge in [-0.15, -0.1) is 0 Å². The molecular formula is C49H32N2O2.